The summed E-state index contributed by atoms with van der Waals surface area (Å²) in [6, 6.07) is 7.31. The molecule has 2 rings (SSSR count). The molecule has 1 aromatic carbocycles. The first-order valence-corrected chi connectivity index (χ1v) is 8.63. The number of aryl methyl sites for hydroxylation is 2. The smallest absolute Gasteiger partial charge is 0.0575 e. The summed E-state index contributed by atoms with van der Waals surface area (Å²) in [5.41, 5.74) is 4.22. The van der Waals surface area contributed by atoms with Gasteiger partial charge in [-0.2, -0.15) is 0 Å². The summed E-state index contributed by atoms with van der Waals surface area (Å²) in [6.45, 7) is 8.68. The minimum atomic E-state index is 0.469. The van der Waals surface area contributed by atoms with Crippen molar-refractivity contribution in [2.24, 2.45) is 0 Å². The quantitative estimate of drug-likeness (QED) is 0.786. The molecule has 0 amide bonds. The van der Waals surface area contributed by atoms with Gasteiger partial charge in [0.2, 0.25) is 0 Å². The van der Waals surface area contributed by atoms with Crippen LogP contribution in [-0.4, -0.2) is 19.3 Å². The van der Waals surface area contributed by atoms with Crippen molar-refractivity contribution in [2.75, 3.05) is 13.2 Å². The normalized spacial score (nSPS) is 20.4. The summed E-state index contributed by atoms with van der Waals surface area (Å²) in [4.78, 5) is 0. The molecule has 0 bridgehead atoms. The SMILES string of the molecule is CCCNC(CCC1CCCCO1)c1ccc(C)cc1C. The molecule has 1 fully saturated rings. The zero-order valence-corrected chi connectivity index (χ0v) is 14.0. The Kier molecular flexibility index (Phi) is 6.72. The molecule has 0 spiro atoms. The van der Waals surface area contributed by atoms with Gasteiger partial charge < -0.3 is 10.1 Å². The maximum Gasteiger partial charge on any atom is 0.0575 e. The average molecular weight is 289 g/mol. The van der Waals surface area contributed by atoms with Crippen LogP contribution in [0.2, 0.25) is 0 Å². The summed E-state index contributed by atoms with van der Waals surface area (Å²) < 4.78 is 5.89. The van der Waals surface area contributed by atoms with E-state index >= 15 is 0 Å². The van der Waals surface area contributed by atoms with Gasteiger partial charge in [0.05, 0.1) is 6.10 Å². The highest BCUT2D eigenvalue weighted by Crippen LogP contribution is 2.26. The van der Waals surface area contributed by atoms with Gasteiger partial charge in [-0.3, -0.25) is 0 Å². The van der Waals surface area contributed by atoms with Crippen molar-refractivity contribution in [1.82, 2.24) is 5.32 Å². The maximum absolute atomic E-state index is 5.89. The Bertz CT molecular complexity index is 424. The molecular weight excluding hydrogens is 258 g/mol. The summed E-state index contributed by atoms with van der Waals surface area (Å²) in [6.07, 6.45) is 7.83. The molecule has 0 aliphatic carbocycles. The third kappa shape index (κ3) is 5.12. The van der Waals surface area contributed by atoms with E-state index in [-0.39, 0.29) is 0 Å². The zero-order chi connectivity index (χ0) is 15.1. The van der Waals surface area contributed by atoms with Crippen LogP contribution in [0.5, 0.6) is 0 Å². The average Bonchev–Trinajstić information content (AvgIpc) is 2.49. The molecule has 1 aromatic rings. The second kappa shape index (κ2) is 8.55. The highest BCUT2D eigenvalue weighted by Gasteiger charge is 2.18. The molecule has 118 valence electrons. The van der Waals surface area contributed by atoms with Crippen molar-refractivity contribution in [3.63, 3.8) is 0 Å². The monoisotopic (exact) mass is 289 g/mol. The third-order valence-corrected chi connectivity index (χ3v) is 4.49. The number of nitrogens with one attached hydrogen (secondary N) is 1. The van der Waals surface area contributed by atoms with Gasteiger partial charge in [0, 0.05) is 12.6 Å². The fourth-order valence-corrected chi connectivity index (χ4v) is 3.29. The predicted octanol–water partition coefficient (Wildman–Crippen LogP) is 4.69. The molecule has 2 nitrogen and oxygen atoms in total. The molecule has 21 heavy (non-hydrogen) atoms. The van der Waals surface area contributed by atoms with Gasteiger partial charge in [0.15, 0.2) is 0 Å². The van der Waals surface area contributed by atoms with E-state index in [9.17, 15) is 0 Å². The van der Waals surface area contributed by atoms with E-state index in [4.69, 9.17) is 4.74 Å². The van der Waals surface area contributed by atoms with Crippen LogP contribution in [0.25, 0.3) is 0 Å². The van der Waals surface area contributed by atoms with Gasteiger partial charge in [-0.15, -0.1) is 0 Å². The minimum Gasteiger partial charge on any atom is -0.378 e. The van der Waals surface area contributed by atoms with Crippen LogP contribution in [-0.2, 0) is 4.74 Å². The largest absolute Gasteiger partial charge is 0.378 e. The summed E-state index contributed by atoms with van der Waals surface area (Å²) in [7, 11) is 0. The van der Waals surface area contributed by atoms with Crippen LogP contribution in [0.4, 0.5) is 0 Å². The van der Waals surface area contributed by atoms with Crippen molar-refractivity contribution in [3.8, 4) is 0 Å². The lowest BCUT2D eigenvalue weighted by molar-refractivity contribution is 0.00853. The van der Waals surface area contributed by atoms with E-state index in [2.05, 4.69) is 44.3 Å². The van der Waals surface area contributed by atoms with Gasteiger partial charge >= 0.3 is 0 Å². The topological polar surface area (TPSA) is 21.3 Å². The number of benzene rings is 1. The fourth-order valence-electron chi connectivity index (χ4n) is 3.29. The summed E-state index contributed by atoms with van der Waals surface area (Å²) in [5.74, 6) is 0. The fraction of sp³-hybridized carbons (Fsp3) is 0.684. The predicted molar refractivity (Wildman–Crippen MR) is 89.8 cm³/mol. The highest BCUT2D eigenvalue weighted by molar-refractivity contribution is 5.32. The molecule has 2 unspecified atom stereocenters. The van der Waals surface area contributed by atoms with Gasteiger partial charge in [0.1, 0.15) is 0 Å². The molecule has 2 atom stereocenters. The van der Waals surface area contributed by atoms with Gasteiger partial charge in [-0.1, -0.05) is 30.7 Å². The van der Waals surface area contributed by atoms with E-state index in [0.717, 1.165) is 13.2 Å². The van der Waals surface area contributed by atoms with Crippen LogP contribution in [0.1, 0.15) is 68.2 Å². The standard InChI is InChI=1S/C19H31NO/c1-4-12-20-19(11-9-17-7-5-6-13-21-17)18-10-8-15(2)14-16(18)3/h8,10,14,17,19-20H,4-7,9,11-13H2,1-3H3. The van der Waals surface area contributed by atoms with Gasteiger partial charge in [-0.05, 0) is 70.0 Å². The molecule has 0 aromatic heterocycles. The van der Waals surface area contributed by atoms with Crippen molar-refractivity contribution in [3.05, 3.63) is 34.9 Å². The molecule has 1 heterocycles. The zero-order valence-electron chi connectivity index (χ0n) is 14.0. The number of hydrogen-bond donors (Lipinski definition) is 1. The first-order chi connectivity index (χ1) is 10.2. The molecule has 0 saturated carbocycles. The lowest BCUT2D eigenvalue weighted by Gasteiger charge is -2.26. The van der Waals surface area contributed by atoms with Crippen molar-refractivity contribution in [1.29, 1.82) is 0 Å². The van der Waals surface area contributed by atoms with E-state index < -0.39 is 0 Å². The van der Waals surface area contributed by atoms with Crippen LogP contribution < -0.4 is 5.32 Å². The lowest BCUT2D eigenvalue weighted by Crippen LogP contribution is -2.26. The minimum absolute atomic E-state index is 0.469. The second-order valence-corrected chi connectivity index (χ2v) is 6.43. The molecule has 0 radical (unpaired) electrons. The Labute approximate surface area is 130 Å². The Morgan fingerprint density at radius 1 is 1.29 bits per heavy atom. The lowest BCUT2D eigenvalue weighted by atomic mass is 9.93. The molecule has 1 saturated heterocycles. The van der Waals surface area contributed by atoms with Gasteiger partial charge in [0.25, 0.3) is 0 Å². The molecule has 1 aliphatic rings. The molecule has 2 heteroatoms. The molecule has 1 aliphatic heterocycles. The van der Waals surface area contributed by atoms with Crippen molar-refractivity contribution < 1.29 is 4.74 Å². The number of ether oxygens (including phenoxy) is 1. The van der Waals surface area contributed by atoms with Crippen LogP contribution >= 0.6 is 0 Å². The first kappa shape index (κ1) is 16.5. The van der Waals surface area contributed by atoms with E-state index in [1.807, 2.05) is 0 Å². The van der Waals surface area contributed by atoms with Crippen LogP contribution in [0.3, 0.4) is 0 Å². The van der Waals surface area contributed by atoms with E-state index in [1.54, 1.807) is 0 Å². The van der Waals surface area contributed by atoms with Crippen LogP contribution in [0, 0.1) is 13.8 Å². The second-order valence-electron chi connectivity index (χ2n) is 6.43. The summed E-state index contributed by atoms with van der Waals surface area (Å²) in [5, 5.41) is 3.73. The molecular formula is C19H31NO. The first-order valence-electron chi connectivity index (χ1n) is 8.63. The number of rotatable bonds is 7. The number of hydrogen-bond acceptors (Lipinski definition) is 2. The third-order valence-electron chi connectivity index (χ3n) is 4.49. The van der Waals surface area contributed by atoms with Crippen molar-refractivity contribution >= 4 is 0 Å². The van der Waals surface area contributed by atoms with Crippen molar-refractivity contribution in [2.45, 2.75) is 71.4 Å². The Balaban J connectivity index is 1.99. The Morgan fingerprint density at radius 3 is 2.81 bits per heavy atom. The maximum atomic E-state index is 5.89. The Hall–Kier alpha value is -0.860. The van der Waals surface area contributed by atoms with Gasteiger partial charge in [-0.25, -0.2) is 0 Å². The summed E-state index contributed by atoms with van der Waals surface area (Å²) >= 11 is 0. The van der Waals surface area contributed by atoms with E-state index in [0.29, 0.717) is 12.1 Å². The van der Waals surface area contributed by atoms with E-state index in [1.165, 1.54) is 55.2 Å². The molecule has 1 N–H and O–H groups in total. The highest BCUT2D eigenvalue weighted by atomic mass is 16.5. The van der Waals surface area contributed by atoms with Crippen LogP contribution in [0.15, 0.2) is 18.2 Å². The Morgan fingerprint density at radius 2 is 2.14 bits per heavy atom.